The molecule has 3 fully saturated rings. The number of nitrogens with two attached hydrogens (primary N) is 1. The first-order chi connectivity index (χ1) is 21.2. The number of amides is 1. The Hall–Kier alpha value is -4.31. The lowest BCUT2D eigenvalue weighted by Gasteiger charge is -2.27. The SMILES string of the molecule is COc1cc(C(=O)N2C[C@H]3CC[C@@H]2[C@@H]3N)cc2nc(-c3cc4ccc(-c5cc(F)c(F)c(F)c5)cc4n3CC3CC3)n(C)c12. The number of nitrogens with zero attached hydrogens (tertiary/aromatic N) is 4. The number of carbonyl (C=O) groups excluding carboxylic acids is 1. The van der Waals surface area contributed by atoms with Crippen LogP contribution in [0.25, 0.3) is 44.6 Å². The molecule has 7 nitrogen and oxygen atoms in total. The summed E-state index contributed by atoms with van der Waals surface area (Å²) < 4.78 is 51.8. The Morgan fingerprint density at radius 3 is 2.43 bits per heavy atom. The third-order valence-corrected chi connectivity index (χ3v) is 9.90. The second kappa shape index (κ2) is 9.85. The second-order valence-electron chi connectivity index (χ2n) is 12.6. The molecule has 2 bridgehead atoms. The minimum Gasteiger partial charge on any atom is -0.494 e. The van der Waals surface area contributed by atoms with Crippen LogP contribution in [0.2, 0.25) is 0 Å². The van der Waals surface area contributed by atoms with E-state index < -0.39 is 17.5 Å². The largest absolute Gasteiger partial charge is 0.494 e. The third kappa shape index (κ3) is 4.14. The number of hydrogen-bond acceptors (Lipinski definition) is 4. The number of imidazole rings is 1. The van der Waals surface area contributed by atoms with Crippen molar-refractivity contribution in [3.8, 4) is 28.4 Å². The minimum absolute atomic E-state index is 0.0287. The lowest BCUT2D eigenvalue weighted by Crippen LogP contribution is -2.41. The van der Waals surface area contributed by atoms with Crippen LogP contribution in [0.15, 0.2) is 48.5 Å². The van der Waals surface area contributed by atoms with E-state index in [4.69, 9.17) is 15.5 Å². The van der Waals surface area contributed by atoms with E-state index in [0.717, 1.165) is 66.5 Å². The van der Waals surface area contributed by atoms with E-state index in [1.54, 1.807) is 19.2 Å². The number of aromatic nitrogens is 3. The number of fused-ring (bicyclic) bond motifs is 4. The van der Waals surface area contributed by atoms with Crippen LogP contribution < -0.4 is 10.5 Å². The van der Waals surface area contributed by atoms with Crippen LogP contribution in [0.1, 0.15) is 36.0 Å². The van der Waals surface area contributed by atoms with Crippen molar-refractivity contribution in [3.05, 3.63) is 71.5 Å². The lowest BCUT2D eigenvalue weighted by molar-refractivity contribution is 0.0700. The molecule has 3 atom stereocenters. The fourth-order valence-electron chi connectivity index (χ4n) is 7.36. The van der Waals surface area contributed by atoms with Crippen LogP contribution in [0.5, 0.6) is 5.75 Å². The summed E-state index contributed by atoms with van der Waals surface area (Å²) >= 11 is 0. The van der Waals surface area contributed by atoms with Crippen molar-refractivity contribution in [2.75, 3.05) is 13.7 Å². The molecule has 0 unspecified atom stereocenters. The first-order valence-corrected chi connectivity index (χ1v) is 15.1. The maximum atomic E-state index is 14.1. The van der Waals surface area contributed by atoms with Crippen LogP contribution in [0.3, 0.4) is 0 Å². The van der Waals surface area contributed by atoms with Crippen molar-refractivity contribution in [1.29, 1.82) is 0 Å². The van der Waals surface area contributed by atoms with Crippen molar-refractivity contribution in [3.63, 3.8) is 0 Å². The molecule has 3 aromatic carbocycles. The van der Waals surface area contributed by atoms with E-state index in [1.165, 1.54) is 0 Å². The van der Waals surface area contributed by atoms with E-state index in [1.807, 2.05) is 34.7 Å². The smallest absolute Gasteiger partial charge is 0.254 e. The molecule has 8 rings (SSSR count). The van der Waals surface area contributed by atoms with Gasteiger partial charge < -0.3 is 24.5 Å². The minimum atomic E-state index is -1.48. The van der Waals surface area contributed by atoms with Crippen LogP contribution in [0.4, 0.5) is 13.2 Å². The first kappa shape index (κ1) is 27.3. The molecule has 226 valence electrons. The van der Waals surface area contributed by atoms with Gasteiger partial charge in [0.15, 0.2) is 23.3 Å². The average Bonchev–Trinajstić information content (AvgIpc) is 3.42. The number of hydrogen-bond donors (Lipinski definition) is 1. The molecule has 3 aliphatic rings. The Morgan fingerprint density at radius 1 is 1.00 bits per heavy atom. The van der Waals surface area contributed by atoms with Crippen LogP contribution in [-0.2, 0) is 13.6 Å². The van der Waals surface area contributed by atoms with Gasteiger partial charge in [0.2, 0.25) is 0 Å². The molecule has 3 heterocycles. The van der Waals surface area contributed by atoms with E-state index in [2.05, 4.69) is 10.6 Å². The quantitative estimate of drug-likeness (QED) is 0.234. The van der Waals surface area contributed by atoms with Gasteiger partial charge in [0.1, 0.15) is 11.3 Å². The molecule has 10 heteroatoms. The second-order valence-corrected chi connectivity index (χ2v) is 12.6. The number of methoxy groups -OCH3 is 1. The summed E-state index contributed by atoms with van der Waals surface area (Å²) in [6.45, 7) is 1.44. The fourth-order valence-corrected chi connectivity index (χ4v) is 7.36. The highest BCUT2D eigenvalue weighted by atomic mass is 19.2. The van der Waals surface area contributed by atoms with Crippen molar-refractivity contribution in [2.24, 2.45) is 24.6 Å². The number of benzene rings is 3. The maximum absolute atomic E-state index is 14.1. The monoisotopic (exact) mass is 599 g/mol. The number of likely N-dealkylation sites (tertiary alicyclic amines) is 1. The van der Waals surface area contributed by atoms with Gasteiger partial charge in [0, 0.05) is 48.7 Å². The molecule has 1 saturated heterocycles. The number of piperidine rings is 1. The predicted octanol–water partition coefficient (Wildman–Crippen LogP) is 6.26. The predicted molar refractivity (Wildman–Crippen MR) is 162 cm³/mol. The molecule has 0 radical (unpaired) electrons. The molecule has 0 spiro atoms. The van der Waals surface area contributed by atoms with Crippen molar-refractivity contribution < 1.29 is 22.7 Å². The van der Waals surface area contributed by atoms with Crippen molar-refractivity contribution in [1.82, 2.24) is 19.0 Å². The summed E-state index contributed by atoms with van der Waals surface area (Å²) in [5, 5.41) is 0.947. The van der Waals surface area contributed by atoms with Gasteiger partial charge in [-0.2, -0.15) is 0 Å². The Bertz CT molecular complexity index is 1970. The normalized spacial score (nSPS) is 21.2. The third-order valence-electron chi connectivity index (χ3n) is 9.90. The van der Waals surface area contributed by atoms with E-state index in [0.29, 0.717) is 46.6 Å². The van der Waals surface area contributed by atoms with Crippen molar-refractivity contribution in [2.45, 2.75) is 44.3 Å². The zero-order valence-corrected chi connectivity index (χ0v) is 24.5. The van der Waals surface area contributed by atoms with Gasteiger partial charge in [0.25, 0.3) is 5.91 Å². The summed E-state index contributed by atoms with van der Waals surface area (Å²) in [5.74, 6) is -1.83. The highest BCUT2D eigenvalue weighted by Gasteiger charge is 2.47. The Balaban J connectivity index is 1.24. The number of aryl methyl sites for hydroxylation is 1. The van der Waals surface area contributed by atoms with Crippen LogP contribution in [0, 0.1) is 29.3 Å². The van der Waals surface area contributed by atoms with Crippen molar-refractivity contribution >= 4 is 27.8 Å². The molecular formula is C34H32F3N5O2. The summed E-state index contributed by atoms with van der Waals surface area (Å²) in [4.78, 5) is 20.6. The molecule has 44 heavy (non-hydrogen) atoms. The van der Waals surface area contributed by atoms with E-state index >= 15 is 0 Å². The molecule has 5 aromatic rings. The molecule has 1 amide bonds. The number of ether oxygens (including phenoxy) is 1. The Morgan fingerprint density at radius 2 is 1.77 bits per heavy atom. The Kier molecular flexibility index (Phi) is 6.10. The summed E-state index contributed by atoms with van der Waals surface area (Å²) in [5.41, 5.74) is 11.0. The van der Waals surface area contributed by atoms with Crippen LogP contribution in [-0.4, -0.2) is 50.7 Å². The molecule has 2 saturated carbocycles. The number of carbonyl (C=O) groups is 1. The topological polar surface area (TPSA) is 78.3 Å². The van der Waals surface area contributed by atoms with Gasteiger partial charge in [-0.05, 0) is 85.0 Å². The summed E-state index contributed by atoms with van der Waals surface area (Å²) in [6.07, 6.45) is 4.24. The zero-order chi connectivity index (χ0) is 30.4. The van der Waals surface area contributed by atoms with Gasteiger partial charge >= 0.3 is 0 Å². The molecule has 2 N–H and O–H groups in total. The van der Waals surface area contributed by atoms with Gasteiger partial charge in [-0.25, -0.2) is 18.2 Å². The molecular weight excluding hydrogens is 567 g/mol. The van der Waals surface area contributed by atoms with E-state index in [9.17, 15) is 18.0 Å². The fraction of sp³-hybridized carbons (Fsp3) is 0.353. The number of rotatable bonds is 6. The highest BCUT2D eigenvalue weighted by molar-refractivity contribution is 6.00. The van der Waals surface area contributed by atoms with Gasteiger partial charge in [0.05, 0.1) is 18.3 Å². The van der Waals surface area contributed by atoms with Gasteiger partial charge in [-0.1, -0.05) is 12.1 Å². The summed E-state index contributed by atoms with van der Waals surface area (Å²) in [6, 6.07) is 13.4. The Labute approximate surface area is 252 Å². The standard InChI is InChI=1S/C34H32F3N5O2/c1-40-32-25(11-22(14-29(32)44-2)34(43)42-16-20-7-8-26(42)31(20)38)39-33(40)28-13-19-6-5-18(12-27(19)41(28)15-17-3-4-17)21-9-23(35)30(37)24(36)10-21/h5-6,9-14,17,20,26,31H,3-4,7-8,15-16,38H2,1-2H3/t20-,26-,31-/m1/s1. The molecule has 2 aromatic heterocycles. The highest BCUT2D eigenvalue weighted by Crippen LogP contribution is 2.41. The lowest BCUT2D eigenvalue weighted by atomic mass is 10.0. The zero-order valence-electron chi connectivity index (χ0n) is 24.5. The van der Waals surface area contributed by atoms with E-state index in [-0.39, 0.29) is 23.6 Å². The molecule has 1 aliphatic heterocycles. The van der Waals surface area contributed by atoms with Gasteiger partial charge in [-0.3, -0.25) is 4.79 Å². The van der Waals surface area contributed by atoms with Crippen LogP contribution >= 0.6 is 0 Å². The van der Waals surface area contributed by atoms with Gasteiger partial charge in [-0.15, -0.1) is 0 Å². The molecule has 2 aliphatic carbocycles. The maximum Gasteiger partial charge on any atom is 0.254 e. The summed E-state index contributed by atoms with van der Waals surface area (Å²) in [7, 11) is 3.53. The first-order valence-electron chi connectivity index (χ1n) is 15.1. The average molecular weight is 600 g/mol. The number of halogens is 3.